The number of methoxy groups -OCH3 is 1. The zero-order valence-electron chi connectivity index (χ0n) is 9.87. The molecule has 3 N–H and O–H groups in total. The molecule has 0 spiro atoms. The molecule has 1 aromatic rings. The summed E-state index contributed by atoms with van der Waals surface area (Å²) in [6.07, 6.45) is 1.05. The van der Waals surface area contributed by atoms with Gasteiger partial charge in [0.1, 0.15) is 11.4 Å². The number of nitrogens with one attached hydrogen (secondary N) is 1. The highest BCUT2D eigenvalue weighted by Gasteiger charge is 2.33. The fraction of sp³-hybridized carbons (Fsp3) is 0.455. The van der Waals surface area contributed by atoms with E-state index in [1.165, 1.54) is 12.1 Å². The summed E-state index contributed by atoms with van der Waals surface area (Å²) >= 11 is 0. The van der Waals surface area contributed by atoms with E-state index in [1.54, 1.807) is 14.0 Å². The van der Waals surface area contributed by atoms with Crippen LogP contribution in [0.3, 0.4) is 0 Å². The van der Waals surface area contributed by atoms with Crippen molar-refractivity contribution in [2.75, 3.05) is 20.3 Å². The number of carbonyl (C=O) groups excluding carboxylic acids is 1. The number of halogens is 1. The van der Waals surface area contributed by atoms with Crippen molar-refractivity contribution in [2.45, 2.75) is 12.5 Å². The lowest BCUT2D eigenvalue weighted by Crippen LogP contribution is -2.51. The molecule has 0 saturated heterocycles. The summed E-state index contributed by atoms with van der Waals surface area (Å²) in [4.78, 5) is 15.4. The average molecular weight is 241 g/mol. The molecule has 0 aliphatic rings. The van der Waals surface area contributed by atoms with E-state index in [4.69, 9.17) is 10.5 Å². The van der Waals surface area contributed by atoms with Gasteiger partial charge in [0, 0.05) is 13.7 Å². The normalized spacial score (nSPS) is 14.3. The number of ether oxygens (including phenoxy) is 1. The summed E-state index contributed by atoms with van der Waals surface area (Å²) in [6.45, 7) is 2.48. The summed E-state index contributed by atoms with van der Waals surface area (Å²) in [5.74, 6) is -1.04. The molecule has 0 radical (unpaired) electrons. The summed E-state index contributed by atoms with van der Waals surface area (Å²) in [5.41, 5.74) is 4.59. The Morgan fingerprint density at radius 3 is 2.82 bits per heavy atom. The molecule has 6 heteroatoms. The number of carbonyl (C=O) groups is 1. The van der Waals surface area contributed by atoms with Crippen molar-refractivity contribution in [3.8, 4) is 0 Å². The first-order chi connectivity index (χ1) is 8.00. The first-order valence-corrected chi connectivity index (χ1v) is 5.16. The molecule has 1 atom stereocenters. The maximum atomic E-state index is 12.8. The van der Waals surface area contributed by atoms with E-state index >= 15 is 0 Å². The van der Waals surface area contributed by atoms with Gasteiger partial charge in [0.25, 0.3) is 0 Å². The Morgan fingerprint density at radius 2 is 2.35 bits per heavy atom. The van der Waals surface area contributed by atoms with Crippen LogP contribution in [0.15, 0.2) is 18.3 Å². The van der Waals surface area contributed by atoms with Gasteiger partial charge >= 0.3 is 0 Å². The number of nitrogens with zero attached hydrogens (tertiary/aromatic N) is 1. The van der Waals surface area contributed by atoms with Gasteiger partial charge in [-0.25, -0.2) is 4.39 Å². The molecule has 0 fully saturated rings. The molecule has 5 nitrogen and oxygen atoms in total. The number of hydrogen-bond acceptors (Lipinski definition) is 4. The minimum absolute atomic E-state index is 0.377. The molecule has 1 heterocycles. The number of primary amides is 1. The fourth-order valence-electron chi connectivity index (χ4n) is 1.38. The van der Waals surface area contributed by atoms with Crippen LogP contribution in [0.2, 0.25) is 0 Å². The third-order valence-corrected chi connectivity index (χ3v) is 2.52. The van der Waals surface area contributed by atoms with Crippen LogP contribution >= 0.6 is 0 Å². The summed E-state index contributed by atoms with van der Waals surface area (Å²) < 4.78 is 17.6. The van der Waals surface area contributed by atoms with Crippen molar-refractivity contribution in [1.82, 2.24) is 10.3 Å². The van der Waals surface area contributed by atoms with E-state index < -0.39 is 17.3 Å². The molecule has 1 rings (SSSR count). The second-order valence-corrected chi connectivity index (χ2v) is 3.77. The SMILES string of the molecule is COCCNC(C)(C(N)=O)c1ccc(F)cn1. The molecule has 0 aliphatic heterocycles. The van der Waals surface area contributed by atoms with Gasteiger partial charge in [-0.1, -0.05) is 0 Å². The minimum atomic E-state index is -1.13. The zero-order chi connectivity index (χ0) is 12.9. The molecule has 17 heavy (non-hydrogen) atoms. The lowest BCUT2D eigenvalue weighted by atomic mass is 9.96. The number of hydrogen-bond donors (Lipinski definition) is 2. The van der Waals surface area contributed by atoms with E-state index in [0.29, 0.717) is 18.8 Å². The zero-order valence-corrected chi connectivity index (χ0v) is 9.87. The number of aromatic nitrogens is 1. The van der Waals surface area contributed by atoms with Crippen LogP contribution in [-0.2, 0) is 15.1 Å². The molecule has 0 aliphatic carbocycles. The maximum absolute atomic E-state index is 12.8. The molecule has 0 saturated carbocycles. The van der Waals surface area contributed by atoms with E-state index in [9.17, 15) is 9.18 Å². The lowest BCUT2D eigenvalue weighted by Gasteiger charge is -2.26. The maximum Gasteiger partial charge on any atom is 0.243 e. The molecule has 0 bridgehead atoms. The average Bonchev–Trinajstić information content (AvgIpc) is 2.29. The molecule has 1 amide bonds. The monoisotopic (exact) mass is 241 g/mol. The third kappa shape index (κ3) is 3.21. The van der Waals surface area contributed by atoms with Gasteiger partial charge in [-0.3, -0.25) is 15.1 Å². The molecule has 94 valence electrons. The van der Waals surface area contributed by atoms with Gasteiger partial charge in [-0.05, 0) is 19.1 Å². The minimum Gasteiger partial charge on any atom is -0.383 e. The van der Waals surface area contributed by atoms with E-state index in [1.807, 2.05) is 0 Å². The van der Waals surface area contributed by atoms with Crippen molar-refractivity contribution in [1.29, 1.82) is 0 Å². The predicted molar refractivity (Wildman–Crippen MR) is 60.6 cm³/mol. The molecular weight excluding hydrogens is 225 g/mol. The van der Waals surface area contributed by atoms with Gasteiger partial charge in [0.05, 0.1) is 18.5 Å². The standard InChI is InChI=1S/C11H16FN3O2/c1-11(10(13)16,15-5-6-17-2)9-4-3-8(12)7-14-9/h3-4,7,15H,5-6H2,1-2H3,(H2,13,16). The topological polar surface area (TPSA) is 77.2 Å². The summed E-state index contributed by atoms with van der Waals surface area (Å²) in [5, 5.41) is 2.95. The number of amides is 1. The Hall–Kier alpha value is -1.53. The number of nitrogens with two attached hydrogens (primary N) is 1. The van der Waals surface area contributed by atoms with Gasteiger partial charge < -0.3 is 10.5 Å². The van der Waals surface area contributed by atoms with Crippen molar-refractivity contribution < 1.29 is 13.9 Å². The largest absolute Gasteiger partial charge is 0.383 e. The highest BCUT2D eigenvalue weighted by Crippen LogP contribution is 2.17. The molecular formula is C11H16FN3O2. The fourth-order valence-corrected chi connectivity index (χ4v) is 1.38. The van der Waals surface area contributed by atoms with Gasteiger partial charge in [-0.2, -0.15) is 0 Å². The molecule has 0 aromatic carbocycles. The summed E-state index contributed by atoms with van der Waals surface area (Å²) in [6, 6.07) is 2.67. The quantitative estimate of drug-likeness (QED) is 0.695. The third-order valence-electron chi connectivity index (χ3n) is 2.52. The highest BCUT2D eigenvalue weighted by molar-refractivity contribution is 5.85. The van der Waals surface area contributed by atoms with Crippen molar-refractivity contribution in [3.63, 3.8) is 0 Å². The van der Waals surface area contributed by atoms with Crippen LogP contribution in [-0.4, -0.2) is 31.2 Å². The van der Waals surface area contributed by atoms with Crippen LogP contribution in [0, 0.1) is 5.82 Å². The predicted octanol–water partition coefficient (Wildman–Crippen LogP) is 0.157. The Bertz CT molecular complexity index is 383. The Kier molecular flexibility index (Phi) is 4.53. The second kappa shape index (κ2) is 5.70. The number of pyridine rings is 1. The van der Waals surface area contributed by atoms with Crippen molar-refractivity contribution in [2.24, 2.45) is 5.73 Å². The van der Waals surface area contributed by atoms with Crippen LogP contribution in [0.5, 0.6) is 0 Å². The first kappa shape index (κ1) is 13.5. The van der Waals surface area contributed by atoms with Crippen molar-refractivity contribution in [3.05, 3.63) is 29.8 Å². The summed E-state index contributed by atoms with van der Waals surface area (Å²) in [7, 11) is 1.55. The Balaban J connectivity index is 2.90. The van der Waals surface area contributed by atoms with Crippen LogP contribution < -0.4 is 11.1 Å². The molecule has 1 aromatic heterocycles. The molecule has 1 unspecified atom stereocenters. The number of rotatable bonds is 6. The van der Waals surface area contributed by atoms with Crippen molar-refractivity contribution >= 4 is 5.91 Å². The van der Waals surface area contributed by atoms with Gasteiger partial charge in [0.2, 0.25) is 5.91 Å². The van der Waals surface area contributed by atoms with Crippen LogP contribution in [0.4, 0.5) is 4.39 Å². The van der Waals surface area contributed by atoms with Crippen LogP contribution in [0.25, 0.3) is 0 Å². The van der Waals surface area contributed by atoms with Crippen LogP contribution in [0.1, 0.15) is 12.6 Å². The van der Waals surface area contributed by atoms with E-state index in [-0.39, 0.29) is 0 Å². The lowest BCUT2D eigenvalue weighted by molar-refractivity contribution is -0.124. The van der Waals surface area contributed by atoms with E-state index in [2.05, 4.69) is 10.3 Å². The first-order valence-electron chi connectivity index (χ1n) is 5.16. The van der Waals surface area contributed by atoms with E-state index in [0.717, 1.165) is 6.20 Å². The van der Waals surface area contributed by atoms with Gasteiger partial charge in [0.15, 0.2) is 0 Å². The smallest absolute Gasteiger partial charge is 0.243 e. The Labute approximate surface area is 99.2 Å². The Morgan fingerprint density at radius 1 is 1.65 bits per heavy atom. The van der Waals surface area contributed by atoms with Gasteiger partial charge in [-0.15, -0.1) is 0 Å². The highest BCUT2D eigenvalue weighted by atomic mass is 19.1. The second-order valence-electron chi connectivity index (χ2n) is 3.77.